The molecule has 0 aromatic rings. The molecule has 0 saturated carbocycles. The first kappa shape index (κ1) is 10.9. The van der Waals surface area contributed by atoms with Crippen molar-refractivity contribution in [1.82, 2.24) is 0 Å². The van der Waals surface area contributed by atoms with E-state index in [1.54, 1.807) is 6.04 Å². The van der Waals surface area contributed by atoms with E-state index in [9.17, 15) is 0 Å². The standard InChI is InChI=1S/C8H19ISi/c1-2-3-4-5-6-7-8-10-9/h2-8,10H2,1H3. The zero-order chi connectivity index (χ0) is 7.66. The molecule has 10 heavy (non-hydrogen) atoms. The van der Waals surface area contributed by atoms with Gasteiger partial charge in [0.1, 0.15) is 0 Å². The van der Waals surface area contributed by atoms with Crippen LogP contribution in [0.3, 0.4) is 0 Å². The van der Waals surface area contributed by atoms with Gasteiger partial charge < -0.3 is 0 Å². The van der Waals surface area contributed by atoms with Gasteiger partial charge in [0.2, 0.25) is 0 Å². The van der Waals surface area contributed by atoms with Crippen LogP contribution >= 0.6 is 21.8 Å². The summed E-state index contributed by atoms with van der Waals surface area (Å²) in [6, 6.07) is 1.56. The molecular weight excluding hydrogens is 251 g/mol. The maximum absolute atomic E-state index is 2.59. The monoisotopic (exact) mass is 270 g/mol. The Morgan fingerprint density at radius 2 is 1.60 bits per heavy atom. The quantitative estimate of drug-likeness (QED) is 0.288. The number of halogens is 1. The molecular formula is C8H19ISi. The van der Waals surface area contributed by atoms with Crippen molar-refractivity contribution in [3.05, 3.63) is 0 Å². The molecule has 0 saturated heterocycles. The maximum Gasteiger partial charge on any atom is 0.0938 e. The van der Waals surface area contributed by atoms with Gasteiger partial charge in [-0.25, -0.2) is 0 Å². The van der Waals surface area contributed by atoms with Crippen molar-refractivity contribution in [1.29, 1.82) is 0 Å². The largest absolute Gasteiger partial charge is 0.128 e. The Hall–Kier alpha value is 0.947. The van der Waals surface area contributed by atoms with Crippen LogP contribution in [-0.4, -0.2) is 7.02 Å². The summed E-state index contributed by atoms with van der Waals surface area (Å²) >= 11 is 2.59. The lowest BCUT2D eigenvalue weighted by atomic mass is 10.1. The number of hydrogen-bond donors (Lipinski definition) is 0. The maximum atomic E-state index is 2.59. The summed E-state index contributed by atoms with van der Waals surface area (Å²) in [7, 11) is 0.345. The molecule has 0 unspecified atom stereocenters. The van der Waals surface area contributed by atoms with Crippen molar-refractivity contribution in [2.45, 2.75) is 51.5 Å². The molecule has 2 heteroatoms. The second-order valence-electron chi connectivity index (χ2n) is 2.81. The first-order valence-corrected chi connectivity index (χ1v) is 10.6. The second-order valence-corrected chi connectivity index (χ2v) is 7.13. The van der Waals surface area contributed by atoms with Crippen LogP contribution in [0.5, 0.6) is 0 Å². The predicted molar refractivity (Wildman–Crippen MR) is 60.7 cm³/mol. The predicted octanol–water partition coefficient (Wildman–Crippen LogP) is 3.28. The summed E-state index contributed by atoms with van der Waals surface area (Å²) < 4.78 is 0. The van der Waals surface area contributed by atoms with E-state index in [0.717, 1.165) is 0 Å². The minimum absolute atomic E-state index is 0.345. The highest BCUT2D eigenvalue weighted by Gasteiger charge is 1.88. The summed E-state index contributed by atoms with van der Waals surface area (Å²) in [6.45, 7) is 2.28. The molecule has 62 valence electrons. The van der Waals surface area contributed by atoms with Gasteiger partial charge in [-0.15, -0.1) is 21.8 Å². The summed E-state index contributed by atoms with van der Waals surface area (Å²) in [6.07, 6.45) is 8.79. The summed E-state index contributed by atoms with van der Waals surface area (Å²) in [5.74, 6) is 0. The number of hydrogen-bond acceptors (Lipinski definition) is 0. The molecule has 0 spiro atoms. The van der Waals surface area contributed by atoms with Crippen LogP contribution in [0.15, 0.2) is 0 Å². The van der Waals surface area contributed by atoms with E-state index in [1.807, 2.05) is 0 Å². The fraction of sp³-hybridized carbons (Fsp3) is 1.00. The molecule has 0 heterocycles. The Morgan fingerprint density at radius 1 is 1.00 bits per heavy atom. The van der Waals surface area contributed by atoms with E-state index < -0.39 is 0 Å². The van der Waals surface area contributed by atoms with Crippen LogP contribution in [0.25, 0.3) is 0 Å². The van der Waals surface area contributed by atoms with E-state index in [2.05, 4.69) is 28.7 Å². The zero-order valence-electron chi connectivity index (χ0n) is 7.03. The Bertz CT molecular complexity index is 49.2. The minimum Gasteiger partial charge on any atom is -0.128 e. The highest BCUT2D eigenvalue weighted by molar-refractivity contribution is 14.1. The van der Waals surface area contributed by atoms with Gasteiger partial charge in [0, 0.05) is 0 Å². The normalized spacial score (nSPS) is 11.4. The van der Waals surface area contributed by atoms with Crippen LogP contribution in [0.4, 0.5) is 0 Å². The molecule has 0 N–H and O–H groups in total. The Kier molecular flexibility index (Phi) is 10.9. The third kappa shape index (κ3) is 8.95. The van der Waals surface area contributed by atoms with Crippen LogP contribution in [0, 0.1) is 0 Å². The molecule has 0 nitrogen and oxygen atoms in total. The van der Waals surface area contributed by atoms with Gasteiger partial charge in [-0.3, -0.25) is 0 Å². The highest BCUT2D eigenvalue weighted by atomic mass is 127. The van der Waals surface area contributed by atoms with Crippen LogP contribution in [0.1, 0.15) is 45.4 Å². The molecule has 0 aromatic carbocycles. The molecule has 0 atom stereocenters. The van der Waals surface area contributed by atoms with Gasteiger partial charge in [0.15, 0.2) is 0 Å². The van der Waals surface area contributed by atoms with E-state index in [4.69, 9.17) is 0 Å². The molecule has 0 bridgehead atoms. The van der Waals surface area contributed by atoms with Crippen molar-refractivity contribution in [2.24, 2.45) is 0 Å². The van der Waals surface area contributed by atoms with Crippen molar-refractivity contribution in [3.8, 4) is 0 Å². The lowest BCUT2D eigenvalue weighted by molar-refractivity contribution is 0.624. The van der Waals surface area contributed by atoms with Gasteiger partial charge in [0.25, 0.3) is 0 Å². The van der Waals surface area contributed by atoms with Crippen molar-refractivity contribution in [2.75, 3.05) is 0 Å². The van der Waals surface area contributed by atoms with Crippen LogP contribution < -0.4 is 0 Å². The summed E-state index contributed by atoms with van der Waals surface area (Å²) in [5, 5.41) is 0. The molecule has 0 radical (unpaired) electrons. The molecule has 0 aliphatic rings. The van der Waals surface area contributed by atoms with Crippen molar-refractivity contribution >= 4 is 28.8 Å². The third-order valence-electron chi connectivity index (χ3n) is 1.74. The average Bonchev–Trinajstić information content (AvgIpc) is 1.97. The second kappa shape index (κ2) is 9.95. The first-order valence-electron chi connectivity index (χ1n) is 4.47. The lowest BCUT2D eigenvalue weighted by Gasteiger charge is -1.97. The molecule has 0 aromatic heterocycles. The average molecular weight is 270 g/mol. The van der Waals surface area contributed by atoms with E-state index >= 15 is 0 Å². The molecule has 0 aliphatic carbocycles. The van der Waals surface area contributed by atoms with E-state index in [0.29, 0.717) is 7.02 Å². The topological polar surface area (TPSA) is 0 Å². The fourth-order valence-corrected chi connectivity index (χ4v) is 3.21. The first-order chi connectivity index (χ1) is 4.91. The molecule has 0 aliphatic heterocycles. The van der Waals surface area contributed by atoms with Gasteiger partial charge in [-0.2, -0.15) is 0 Å². The molecule has 0 amide bonds. The highest BCUT2D eigenvalue weighted by Crippen LogP contribution is 2.07. The summed E-state index contributed by atoms with van der Waals surface area (Å²) in [4.78, 5) is 0. The minimum atomic E-state index is 0.345. The molecule has 0 rings (SSSR count). The van der Waals surface area contributed by atoms with Crippen LogP contribution in [-0.2, 0) is 0 Å². The van der Waals surface area contributed by atoms with E-state index in [1.165, 1.54) is 38.5 Å². The summed E-state index contributed by atoms with van der Waals surface area (Å²) in [5.41, 5.74) is 0. The van der Waals surface area contributed by atoms with Gasteiger partial charge in [0.05, 0.1) is 7.02 Å². The molecule has 0 fully saturated rings. The number of unbranched alkanes of at least 4 members (excludes halogenated alkanes) is 5. The third-order valence-corrected chi connectivity index (χ3v) is 4.79. The van der Waals surface area contributed by atoms with E-state index in [-0.39, 0.29) is 0 Å². The SMILES string of the molecule is CCCCCCCC[SiH2]I. The van der Waals surface area contributed by atoms with Crippen LogP contribution in [0.2, 0.25) is 6.04 Å². The fourth-order valence-electron chi connectivity index (χ4n) is 1.05. The van der Waals surface area contributed by atoms with Crippen molar-refractivity contribution in [3.63, 3.8) is 0 Å². The lowest BCUT2D eigenvalue weighted by Crippen LogP contribution is -1.80. The number of rotatable bonds is 7. The van der Waals surface area contributed by atoms with Gasteiger partial charge in [-0.05, 0) is 0 Å². The Morgan fingerprint density at radius 3 is 2.20 bits per heavy atom. The van der Waals surface area contributed by atoms with Gasteiger partial charge in [-0.1, -0.05) is 51.5 Å². The zero-order valence-corrected chi connectivity index (χ0v) is 10.6. The Balaban J connectivity index is 2.65. The smallest absolute Gasteiger partial charge is 0.0938 e. The Labute approximate surface area is 80.2 Å². The van der Waals surface area contributed by atoms with Gasteiger partial charge >= 0.3 is 0 Å². The van der Waals surface area contributed by atoms with Crippen molar-refractivity contribution < 1.29 is 0 Å².